The highest BCUT2D eigenvalue weighted by atomic mass is 127. The number of aromatic nitrogens is 2. The van der Waals surface area contributed by atoms with Gasteiger partial charge in [-0.1, -0.05) is 13.8 Å². The number of halogens is 1. The van der Waals surface area contributed by atoms with Crippen molar-refractivity contribution in [1.29, 1.82) is 0 Å². The maximum atomic E-state index is 6.06. The molecule has 1 aliphatic carbocycles. The monoisotopic (exact) mass is 514 g/mol. The fourth-order valence-electron chi connectivity index (χ4n) is 5.18. The Hall–Kier alpha value is -1.16. The normalized spacial score (nSPS) is 31.1. The van der Waals surface area contributed by atoms with E-state index < -0.39 is 0 Å². The molecule has 1 aromatic heterocycles. The molecule has 0 amide bonds. The van der Waals surface area contributed by atoms with Crippen molar-refractivity contribution in [1.82, 2.24) is 20.6 Å². The Balaban J connectivity index is 0.00000240. The van der Waals surface area contributed by atoms with Crippen molar-refractivity contribution in [2.75, 3.05) is 31.1 Å². The summed E-state index contributed by atoms with van der Waals surface area (Å²) < 4.78 is 6.06. The molecule has 0 radical (unpaired) electrons. The summed E-state index contributed by atoms with van der Waals surface area (Å²) in [6.45, 7) is 10.3. The van der Waals surface area contributed by atoms with Gasteiger partial charge in [-0.3, -0.25) is 4.99 Å². The first kappa shape index (κ1) is 22.5. The number of anilines is 1. The third kappa shape index (κ3) is 4.78. The Morgan fingerprint density at radius 2 is 2.03 bits per heavy atom. The topological polar surface area (TPSA) is 74.7 Å². The van der Waals surface area contributed by atoms with Crippen LogP contribution in [0, 0.1) is 11.3 Å². The van der Waals surface area contributed by atoms with Crippen molar-refractivity contribution in [3.63, 3.8) is 0 Å². The quantitative estimate of drug-likeness (QED) is 0.366. The molecule has 2 aliphatic heterocycles. The second-order valence-electron chi connectivity index (χ2n) is 8.84. The minimum absolute atomic E-state index is 0. The van der Waals surface area contributed by atoms with Gasteiger partial charge >= 0.3 is 0 Å². The van der Waals surface area contributed by atoms with E-state index in [0.29, 0.717) is 24.1 Å². The first-order chi connectivity index (χ1) is 13.6. The molecule has 2 saturated heterocycles. The third-order valence-electron chi connectivity index (χ3n) is 6.54. The molecule has 4 rings (SSSR count). The zero-order chi connectivity index (χ0) is 19.6. The summed E-state index contributed by atoms with van der Waals surface area (Å²) in [7, 11) is 0. The maximum absolute atomic E-state index is 6.06. The average molecular weight is 514 g/mol. The molecule has 2 N–H and O–H groups in total. The number of nitrogens with one attached hydrogen (secondary N) is 2. The average Bonchev–Trinajstić information content (AvgIpc) is 2.73. The van der Waals surface area contributed by atoms with E-state index in [0.717, 1.165) is 57.4 Å². The van der Waals surface area contributed by atoms with Crippen molar-refractivity contribution in [2.45, 2.75) is 64.6 Å². The zero-order valence-corrected chi connectivity index (χ0v) is 20.1. The van der Waals surface area contributed by atoms with E-state index in [9.17, 15) is 0 Å². The van der Waals surface area contributed by atoms with Crippen molar-refractivity contribution >= 4 is 35.9 Å². The standard InChI is InChI=1S/C21H34N6O.HI/c1-4-22-19(26-17-16-9-6-13-28-18(16)21(17,2)3)25-15-8-5-12-27(14-15)20-23-10-7-11-24-20;/h7,10-11,15-18H,4-6,8-9,12-14H2,1-3H3,(H2,22,25,26);1H. The number of nitrogens with zero attached hydrogens (tertiary/aromatic N) is 4. The summed E-state index contributed by atoms with van der Waals surface area (Å²) in [5.41, 5.74) is 0.137. The van der Waals surface area contributed by atoms with Gasteiger partial charge in [-0.2, -0.15) is 0 Å². The Bertz CT molecular complexity index is 685. The minimum Gasteiger partial charge on any atom is -0.377 e. The zero-order valence-electron chi connectivity index (χ0n) is 17.8. The molecule has 162 valence electrons. The summed E-state index contributed by atoms with van der Waals surface area (Å²) >= 11 is 0. The first-order valence-electron chi connectivity index (χ1n) is 10.8. The van der Waals surface area contributed by atoms with Crippen LogP contribution >= 0.6 is 24.0 Å². The van der Waals surface area contributed by atoms with E-state index in [1.54, 1.807) is 0 Å². The summed E-state index contributed by atoms with van der Waals surface area (Å²) in [5, 5.41) is 7.44. The Labute approximate surface area is 191 Å². The summed E-state index contributed by atoms with van der Waals surface area (Å²) in [6, 6.07) is 2.62. The van der Waals surface area contributed by atoms with Gasteiger partial charge in [0.15, 0.2) is 5.96 Å². The Morgan fingerprint density at radius 3 is 2.79 bits per heavy atom. The molecule has 8 heteroatoms. The van der Waals surface area contributed by atoms with E-state index in [4.69, 9.17) is 9.73 Å². The Morgan fingerprint density at radius 1 is 1.24 bits per heavy atom. The minimum atomic E-state index is 0. The van der Waals surface area contributed by atoms with Crippen molar-refractivity contribution in [3.05, 3.63) is 18.5 Å². The number of aliphatic imine (C=N–C) groups is 1. The van der Waals surface area contributed by atoms with Crippen LogP contribution in [0.25, 0.3) is 0 Å². The second-order valence-corrected chi connectivity index (χ2v) is 8.84. The van der Waals surface area contributed by atoms with Crippen LogP contribution in [0.15, 0.2) is 23.5 Å². The SMILES string of the molecule is CCN=C(NC1CCCN(c2ncccn2)C1)NC1C2CCCOC2C1(C)C.I. The number of hydrogen-bond acceptors (Lipinski definition) is 5. The number of hydrogen-bond donors (Lipinski definition) is 2. The van der Waals surface area contributed by atoms with Crippen LogP contribution in [-0.2, 0) is 4.74 Å². The van der Waals surface area contributed by atoms with Crippen LogP contribution in [0.3, 0.4) is 0 Å². The lowest BCUT2D eigenvalue weighted by atomic mass is 9.55. The van der Waals surface area contributed by atoms with Crippen LogP contribution < -0.4 is 15.5 Å². The summed E-state index contributed by atoms with van der Waals surface area (Å²) in [5.74, 6) is 2.34. The molecular weight excluding hydrogens is 479 g/mol. The second kappa shape index (κ2) is 9.76. The molecule has 4 atom stereocenters. The number of rotatable bonds is 4. The highest BCUT2D eigenvalue weighted by Crippen LogP contribution is 2.51. The molecule has 3 fully saturated rings. The van der Waals surface area contributed by atoms with E-state index in [2.05, 4.69) is 46.3 Å². The van der Waals surface area contributed by atoms with Crippen molar-refractivity contribution in [3.8, 4) is 0 Å². The van der Waals surface area contributed by atoms with Crippen molar-refractivity contribution < 1.29 is 4.74 Å². The van der Waals surface area contributed by atoms with Crippen LogP contribution in [-0.4, -0.2) is 60.4 Å². The fourth-order valence-corrected chi connectivity index (χ4v) is 5.18. The van der Waals surface area contributed by atoms with Gasteiger partial charge in [-0.15, -0.1) is 24.0 Å². The van der Waals surface area contributed by atoms with Crippen LogP contribution in [0.4, 0.5) is 5.95 Å². The molecule has 1 saturated carbocycles. The van der Waals surface area contributed by atoms with Crippen LogP contribution in [0.2, 0.25) is 0 Å². The highest BCUT2D eigenvalue weighted by molar-refractivity contribution is 14.0. The predicted molar refractivity (Wildman–Crippen MR) is 127 cm³/mol. The molecular formula is C21H35IN6O. The summed E-state index contributed by atoms with van der Waals surface area (Å²) in [6.07, 6.45) is 8.67. The van der Waals surface area contributed by atoms with Crippen LogP contribution in [0.1, 0.15) is 46.5 Å². The lowest BCUT2D eigenvalue weighted by Crippen LogP contribution is -2.71. The molecule has 0 bridgehead atoms. The highest BCUT2D eigenvalue weighted by Gasteiger charge is 2.58. The molecule has 3 heterocycles. The molecule has 1 aromatic rings. The van der Waals surface area contributed by atoms with Crippen molar-refractivity contribution in [2.24, 2.45) is 16.3 Å². The summed E-state index contributed by atoms with van der Waals surface area (Å²) in [4.78, 5) is 15.8. The van der Waals surface area contributed by atoms with Gasteiger partial charge in [-0.05, 0) is 38.7 Å². The number of piperidine rings is 1. The third-order valence-corrected chi connectivity index (χ3v) is 6.54. The molecule has 4 unspecified atom stereocenters. The number of fused-ring (bicyclic) bond motifs is 1. The maximum Gasteiger partial charge on any atom is 0.225 e. The van der Waals surface area contributed by atoms with Gasteiger partial charge in [0.2, 0.25) is 5.95 Å². The smallest absolute Gasteiger partial charge is 0.225 e. The van der Waals surface area contributed by atoms with Gasteiger partial charge in [0.1, 0.15) is 0 Å². The lowest BCUT2D eigenvalue weighted by molar-refractivity contribution is -0.188. The molecule has 0 aromatic carbocycles. The fraction of sp³-hybridized carbons (Fsp3) is 0.762. The van der Waals surface area contributed by atoms with E-state index >= 15 is 0 Å². The number of guanidine groups is 1. The van der Waals surface area contributed by atoms with E-state index in [-0.39, 0.29) is 29.4 Å². The van der Waals surface area contributed by atoms with Gasteiger partial charge in [0, 0.05) is 62.1 Å². The van der Waals surface area contributed by atoms with Crippen LogP contribution in [0.5, 0.6) is 0 Å². The molecule has 3 aliphatic rings. The van der Waals surface area contributed by atoms with Gasteiger partial charge in [-0.25, -0.2) is 9.97 Å². The predicted octanol–water partition coefficient (Wildman–Crippen LogP) is 2.82. The largest absolute Gasteiger partial charge is 0.377 e. The van der Waals surface area contributed by atoms with E-state index in [1.807, 2.05) is 18.5 Å². The molecule has 7 nitrogen and oxygen atoms in total. The lowest BCUT2D eigenvalue weighted by Gasteiger charge is -2.60. The molecule has 0 spiro atoms. The van der Waals surface area contributed by atoms with Gasteiger partial charge in [0.25, 0.3) is 0 Å². The molecule has 29 heavy (non-hydrogen) atoms. The van der Waals surface area contributed by atoms with E-state index in [1.165, 1.54) is 6.42 Å². The van der Waals surface area contributed by atoms with Gasteiger partial charge < -0.3 is 20.3 Å². The first-order valence-corrected chi connectivity index (χ1v) is 10.8. The van der Waals surface area contributed by atoms with Gasteiger partial charge in [0.05, 0.1) is 6.10 Å². The number of ether oxygens (including phenoxy) is 1. The Kier molecular flexibility index (Phi) is 7.58.